The number of nitrogens with one attached hydrogen (secondary N) is 1. The summed E-state index contributed by atoms with van der Waals surface area (Å²) in [5.74, 6) is 4.96. The predicted molar refractivity (Wildman–Crippen MR) is 119 cm³/mol. The maximum Gasteiger partial charge on any atom is 0.295 e. The molecule has 1 amide bonds. The van der Waals surface area contributed by atoms with Crippen molar-refractivity contribution in [2.24, 2.45) is 5.84 Å². The predicted octanol–water partition coefficient (Wildman–Crippen LogP) is 4.31. The van der Waals surface area contributed by atoms with E-state index in [1.165, 1.54) is 11.6 Å². The van der Waals surface area contributed by atoms with Gasteiger partial charge in [-0.25, -0.2) is 5.84 Å². The third kappa shape index (κ3) is 3.84. The second-order valence-electron chi connectivity index (χ2n) is 7.67. The van der Waals surface area contributed by atoms with Crippen LogP contribution in [0.5, 0.6) is 0 Å². The van der Waals surface area contributed by atoms with Crippen LogP contribution >= 0.6 is 0 Å². The molecule has 4 N–H and O–H groups in total. The summed E-state index contributed by atoms with van der Waals surface area (Å²) in [7, 11) is -4.31. The van der Waals surface area contributed by atoms with Crippen molar-refractivity contribution in [1.29, 1.82) is 0 Å². The normalized spacial score (nSPS) is 12.2. The van der Waals surface area contributed by atoms with Gasteiger partial charge in [0.2, 0.25) is 5.91 Å². The Hall–Kier alpha value is -2.74. The van der Waals surface area contributed by atoms with Crippen molar-refractivity contribution >= 4 is 48.3 Å². The summed E-state index contributed by atoms with van der Waals surface area (Å²) in [6, 6.07) is 15.2. The molecule has 0 bridgehead atoms. The standard InChI is InChI=1S/C23H24N2O4S/c24-25-21(26)6-4-2-1-3-5-15-7-8-16-9-10-17-11-14-20(30(27,28)29)19-13-12-18(15)22(16)23(17)19/h7-14H,1-6,24H2,(H,25,26)(H,27,28,29). The third-order valence-electron chi connectivity index (χ3n) is 5.75. The van der Waals surface area contributed by atoms with E-state index in [-0.39, 0.29) is 10.8 Å². The Morgan fingerprint density at radius 3 is 2.13 bits per heavy atom. The highest BCUT2D eigenvalue weighted by molar-refractivity contribution is 7.86. The molecule has 4 aromatic rings. The number of carbonyl (C=O) groups excluding carboxylic acids is 1. The molecule has 0 unspecified atom stereocenters. The Morgan fingerprint density at radius 2 is 1.43 bits per heavy atom. The fraction of sp³-hybridized carbons (Fsp3) is 0.261. The minimum Gasteiger partial charge on any atom is -0.294 e. The first kappa shape index (κ1) is 20.5. The Bertz CT molecular complexity index is 1330. The molecule has 0 spiro atoms. The number of unbranched alkanes of at least 4 members (excludes halogenated alkanes) is 3. The molecule has 7 heteroatoms. The molecule has 0 saturated heterocycles. The van der Waals surface area contributed by atoms with Gasteiger partial charge in [0.25, 0.3) is 10.1 Å². The van der Waals surface area contributed by atoms with Gasteiger partial charge in [-0.15, -0.1) is 0 Å². The fourth-order valence-electron chi connectivity index (χ4n) is 4.30. The largest absolute Gasteiger partial charge is 0.295 e. The van der Waals surface area contributed by atoms with Crippen molar-refractivity contribution in [3.63, 3.8) is 0 Å². The molecule has 0 aliphatic heterocycles. The van der Waals surface area contributed by atoms with Crippen molar-refractivity contribution in [3.05, 3.63) is 54.1 Å². The molecular formula is C23H24N2O4S. The lowest BCUT2D eigenvalue weighted by atomic mass is 9.90. The summed E-state index contributed by atoms with van der Waals surface area (Å²) in [6.45, 7) is 0. The number of carbonyl (C=O) groups is 1. The topological polar surface area (TPSA) is 109 Å². The van der Waals surface area contributed by atoms with E-state index in [9.17, 15) is 17.8 Å². The summed E-state index contributed by atoms with van der Waals surface area (Å²) in [5.41, 5.74) is 3.36. The number of aryl methyl sites for hydroxylation is 1. The first-order chi connectivity index (χ1) is 14.4. The molecule has 4 aromatic carbocycles. The molecule has 0 heterocycles. The van der Waals surface area contributed by atoms with Gasteiger partial charge in [0.05, 0.1) is 0 Å². The van der Waals surface area contributed by atoms with Crippen LogP contribution in [0, 0.1) is 0 Å². The maximum absolute atomic E-state index is 11.9. The fourth-order valence-corrected chi connectivity index (χ4v) is 4.99. The number of hydrogen-bond donors (Lipinski definition) is 3. The molecule has 4 rings (SSSR count). The first-order valence-corrected chi connectivity index (χ1v) is 11.5. The van der Waals surface area contributed by atoms with Crippen LogP contribution < -0.4 is 11.3 Å². The van der Waals surface area contributed by atoms with Crippen molar-refractivity contribution in [2.45, 2.75) is 43.4 Å². The van der Waals surface area contributed by atoms with Crippen LogP contribution in [-0.2, 0) is 21.3 Å². The Kier molecular flexibility index (Phi) is 5.60. The first-order valence-electron chi connectivity index (χ1n) is 10.1. The minimum atomic E-state index is -4.31. The van der Waals surface area contributed by atoms with Crippen LogP contribution in [0.1, 0.15) is 37.7 Å². The zero-order valence-corrected chi connectivity index (χ0v) is 17.3. The molecule has 0 radical (unpaired) electrons. The third-order valence-corrected chi connectivity index (χ3v) is 6.67. The maximum atomic E-state index is 11.9. The van der Waals surface area contributed by atoms with Crippen molar-refractivity contribution in [3.8, 4) is 0 Å². The van der Waals surface area contributed by atoms with Crippen LogP contribution in [0.4, 0.5) is 0 Å². The Labute approximate surface area is 175 Å². The minimum absolute atomic E-state index is 0.0590. The van der Waals surface area contributed by atoms with Gasteiger partial charge in [0, 0.05) is 11.8 Å². The molecule has 0 aliphatic carbocycles. The quantitative estimate of drug-likeness (QED) is 0.0975. The lowest BCUT2D eigenvalue weighted by Gasteiger charge is -2.15. The van der Waals surface area contributed by atoms with Gasteiger partial charge in [0.15, 0.2) is 0 Å². The monoisotopic (exact) mass is 424 g/mol. The lowest BCUT2D eigenvalue weighted by molar-refractivity contribution is -0.121. The zero-order valence-electron chi connectivity index (χ0n) is 16.5. The molecule has 0 aliphatic rings. The highest BCUT2D eigenvalue weighted by atomic mass is 32.2. The second-order valence-corrected chi connectivity index (χ2v) is 9.06. The molecule has 0 saturated carbocycles. The van der Waals surface area contributed by atoms with Gasteiger partial charge in [-0.1, -0.05) is 55.3 Å². The van der Waals surface area contributed by atoms with Crippen LogP contribution in [0.15, 0.2) is 53.4 Å². The van der Waals surface area contributed by atoms with Gasteiger partial charge >= 0.3 is 0 Å². The summed E-state index contributed by atoms with van der Waals surface area (Å²) in [5, 5.41) is 5.56. The van der Waals surface area contributed by atoms with Crippen LogP contribution in [0.2, 0.25) is 0 Å². The number of amides is 1. The molecule has 30 heavy (non-hydrogen) atoms. The molecule has 6 nitrogen and oxygen atoms in total. The van der Waals surface area contributed by atoms with E-state index in [1.807, 2.05) is 18.2 Å². The summed E-state index contributed by atoms with van der Waals surface area (Å²) in [4.78, 5) is 11.1. The average Bonchev–Trinajstić information content (AvgIpc) is 2.73. The van der Waals surface area contributed by atoms with Crippen LogP contribution in [-0.4, -0.2) is 18.9 Å². The molecular weight excluding hydrogens is 400 g/mol. The number of hydrazine groups is 1. The van der Waals surface area contributed by atoms with E-state index in [1.54, 1.807) is 12.1 Å². The second kappa shape index (κ2) is 8.18. The van der Waals surface area contributed by atoms with Gasteiger partial charge in [-0.05, 0) is 57.8 Å². The highest BCUT2D eigenvalue weighted by Crippen LogP contribution is 2.38. The molecule has 0 fully saturated rings. The van der Waals surface area contributed by atoms with Gasteiger partial charge < -0.3 is 0 Å². The summed E-state index contributed by atoms with van der Waals surface area (Å²) >= 11 is 0. The summed E-state index contributed by atoms with van der Waals surface area (Å²) < 4.78 is 33.4. The Morgan fingerprint density at radius 1 is 0.833 bits per heavy atom. The Balaban J connectivity index is 1.66. The SMILES string of the molecule is NNC(=O)CCCCCCc1ccc2ccc3ccc(S(=O)(=O)O)c4ccc1c2c34. The van der Waals surface area contributed by atoms with Crippen LogP contribution in [0.3, 0.4) is 0 Å². The van der Waals surface area contributed by atoms with Gasteiger partial charge in [-0.3, -0.25) is 14.8 Å². The number of rotatable bonds is 8. The van der Waals surface area contributed by atoms with E-state index in [4.69, 9.17) is 5.84 Å². The highest BCUT2D eigenvalue weighted by Gasteiger charge is 2.18. The van der Waals surface area contributed by atoms with E-state index in [2.05, 4.69) is 17.6 Å². The van der Waals surface area contributed by atoms with E-state index < -0.39 is 10.1 Å². The van der Waals surface area contributed by atoms with Gasteiger partial charge in [0.1, 0.15) is 4.90 Å². The number of hydrogen-bond acceptors (Lipinski definition) is 4. The van der Waals surface area contributed by atoms with E-state index in [0.29, 0.717) is 11.8 Å². The average molecular weight is 425 g/mol. The lowest BCUT2D eigenvalue weighted by Crippen LogP contribution is -2.29. The van der Waals surface area contributed by atoms with E-state index >= 15 is 0 Å². The summed E-state index contributed by atoms with van der Waals surface area (Å²) in [6.07, 6.45) is 5.17. The number of nitrogens with two attached hydrogens (primary N) is 1. The zero-order chi connectivity index (χ0) is 21.3. The smallest absolute Gasteiger partial charge is 0.294 e. The van der Waals surface area contributed by atoms with Crippen molar-refractivity contribution in [1.82, 2.24) is 5.43 Å². The number of benzene rings is 4. The van der Waals surface area contributed by atoms with Gasteiger partial charge in [-0.2, -0.15) is 8.42 Å². The molecule has 0 aromatic heterocycles. The van der Waals surface area contributed by atoms with Crippen molar-refractivity contribution < 1.29 is 17.8 Å². The van der Waals surface area contributed by atoms with Crippen LogP contribution in [0.25, 0.3) is 32.3 Å². The van der Waals surface area contributed by atoms with Crippen molar-refractivity contribution in [2.75, 3.05) is 0 Å². The molecule has 156 valence electrons. The molecule has 0 atom stereocenters. The van der Waals surface area contributed by atoms with E-state index in [0.717, 1.165) is 59.0 Å².